The van der Waals surface area contributed by atoms with Crippen LogP contribution in [-0.4, -0.2) is 50.3 Å². The summed E-state index contributed by atoms with van der Waals surface area (Å²) in [6, 6.07) is 3.32. The molecule has 1 heterocycles. The minimum Gasteiger partial charge on any atom is -0.493 e. The van der Waals surface area contributed by atoms with E-state index in [4.69, 9.17) is 25.8 Å². The van der Waals surface area contributed by atoms with Gasteiger partial charge in [0, 0.05) is 18.7 Å². The summed E-state index contributed by atoms with van der Waals surface area (Å²) in [5.41, 5.74) is 0.500. The zero-order valence-corrected chi connectivity index (χ0v) is 14.0. The number of rotatable bonds is 5. The van der Waals surface area contributed by atoms with Gasteiger partial charge in [0.2, 0.25) is 0 Å². The van der Waals surface area contributed by atoms with Crippen molar-refractivity contribution in [3.05, 3.63) is 22.7 Å². The zero-order valence-electron chi connectivity index (χ0n) is 13.2. The second-order valence-electron chi connectivity index (χ2n) is 5.27. The standard InChI is InChI=1S/C16H22ClNO4/c1-4-6-22-15-13(17)8-12(9-14(15)20-3)16(19)18-5-7-21-11(2)10-18/h8-9,11H,4-7,10H2,1-3H3. The van der Waals surface area contributed by atoms with Gasteiger partial charge in [-0.1, -0.05) is 18.5 Å². The van der Waals surface area contributed by atoms with E-state index in [9.17, 15) is 4.79 Å². The minimum atomic E-state index is -0.0719. The molecule has 6 heteroatoms. The van der Waals surface area contributed by atoms with Crippen molar-refractivity contribution >= 4 is 17.5 Å². The number of methoxy groups -OCH3 is 1. The van der Waals surface area contributed by atoms with Crippen LogP contribution in [0.1, 0.15) is 30.6 Å². The molecule has 0 N–H and O–H groups in total. The summed E-state index contributed by atoms with van der Waals surface area (Å²) < 4.78 is 16.4. The number of morpholine rings is 1. The number of hydrogen-bond donors (Lipinski definition) is 0. The van der Waals surface area contributed by atoms with Crippen LogP contribution in [0.15, 0.2) is 12.1 Å². The van der Waals surface area contributed by atoms with Gasteiger partial charge in [0.25, 0.3) is 5.91 Å². The fraction of sp³-hybridized carbons (Fsp3) is 0.562. The van der Waals surface area contributed by atoms with Gasteiger partial charge in [0.1, 0.15) is 0 Å². The van der Waals surface area contributed by atoms with Gasteiger partial charge in [0.15, 0.2) is 11.5 Å². The van der Waals surface area contributed by atoms with Crippen molar-refractivity contribution < 1.29 is 19.0 Å². The van der Waals surface area contributed by atoms with Gasteiger partial charge in [-0.05, 0) is 25.5 Å². The third kappa shape index (κ3) is 3.84. The van der Waals surface area contributed by atoms with Crippen molar-refractivity contribution in [1.29, 1.82) is 0 Å². The van der Waals surface area contributed by atoms with E-state index in [1.165, 1.54) is 7.11 Å². The van der Waals surface area contributed by atoms with Gasteiger partial charge in [-0.15, -0.1) is 0 Å². The van der Waals surface area contributed by atoms with Gasteiger partial charge in [0.05, 0.1) is 31.5 Å². The maximum Gasteiger partial charge on any atom is 0.254 e. The van der Waals surface area contributed by atoms with Crippen molar-refractivity contribution in [2.24, 2.45) is 0 Å². The number of carbonyl (C=O) groups is 1. The predicted molar refractivity (Wildman–Crippen MR) is 85.1 cm³/mol. The topological polar surface area (TPSA) is 48.0 Å². The van der Waals surface area contributed by atoms with Gasteiger partial charge in [-0.2, -0.15) is 0 Å². The van der Waals surface area contributed by atoms with Crippen molar-refractivity contribution in [3.63, 3.8) is 0 Å². The number of benzene rings is 1. The highest BCUT2D eigenvalue weighted by Crippen LogP contribution is 2.37. The van der Waals surface area contributed by atoms with E-state index in [0.717, 1.165) is 6.42 Å². The van der Waals surface area contributed by atoms with Gasteiger partial charge in [-0.3, -0.25) is 4.79 Å². The minimum absolute atomic E-state index is 0.0437. The van der Waals surface area contributed by atoms with Crippen LogP contribution in [0.3, 0.4) is 0 Å². The molecule has 1 saturated heterocycles. The summed E-state index contributed by atoms with van der Waals surface area (Å²) in [6.45, 7) is 6.22. The van der Waals surface area contributed by atoms with Crippen molar-refractivity contribution in [1.82, 2.24) is 4.90 Å². The number of nitrogens with zero attached hydrogens (tertiary/aromatic N) is 1. The summed E-state index contributed by atoms with van der Waals surface area (Å²) in [5, 5.41) is 0.387. The van der Waals surface area contributed by atoms with Crippen LogP contribution in [0.2, 0.25) is 5.02 Å². The highest BCUT2D eigenvalue weighted by molar-refractivity contribution is 6.32. The molecule has 1 unspecified atom stereocenters. The van der Waals surface area contributed by atoms with Crippen LogP contribution in [0.5, 0.6) is 11.5 Å². The Morgan fingerprint density at radius 1 is 1.50 bits per heavy atom. The Morgan fingerprint density at radius 2 is 2.27 bits per heavy atom. The third-order valence-electron chi connectivity index (χ3n) is 3.46. The summed E-state index contributed by atoms with van der Waals surface area (Å²) in [7, 11) is 1.54. The summed E-state index contributed by atoms with van der Waals surface area (Å²) in [5.74, 6) is 0.890. The van der Waals surface area contributed by atoms with E-state index in [0.29, 0.717) is 48.4 Å². The van der Waals surface area contributed by atoms with E-state index >= 15 is 0 Å². The summed E-state index contributed by atoms with van der Waals surface area (Å²) in [6.07, 6.45) is 0.911. The fourth-order valence-corrected chi connectivity index (χ4v) is 2.64. The average Bonchev–Trinajstić information content (AvgIpc) is 2.52. The molecule has 122 valence electrons. The second-order valence-corrected chi connectivity index (χ2v) is 5.68. The van der Waals surface area contributed by atoms with Crippen molar-refractivity contribution in [2.75, 3.05) is 33.4 Å². The lowest BCUT2D eigenvalue weighted by Gasteiger charge is -2.31. The molecule has 1 atom stereocenters. The molecule has 1 aliphatic rings. The molecule has 1 aliphatic heterocycles. The summed E-state index contributed by atoms with van der Waals surface area (Å²) in [4.78, 5) is 14.4. The molecule has 0 radical (unpaired) electrons. The zero-order chi connectivity index (χ0) is 16.1. The molecule has 0 saturated carbocycles. The number of hydrogen-bond acceptors (Lipinski definition) is 4. The molecule has 0 bridgehead atoms. The van der Waals surface area contributed by atoms with Crippen molar-refractivity contribution in [2.45, 2.75) is 26.4 Å². The molecule has 0 spiro atoms. The Morgan fingerprint density at radius 3 is 2.91 bits per heavy atom. The maximum absolute atomic E-state index is 12.6. The maximum atomic E-state index is 12.6. The van der Waals surface area contributed by atoms with Crippen LogP contribution in [-0.2, 0) is 4.74 Å². The highest BCUT2D eigenvalue weighted by atomic mass is 35.5. The molecule has 0 aliphatic carbocycles. The molecule has 1 amide bonds. The molecular formula is C16H22ClNO4. The first-order valence-corrected chi connectivity index (χ1v) is 7.85. The number of amides is 1. The van der Waals surface area contributed by atoms with Crippen LogP contribution in [0.4, 0.5) is 0 Å². The van der Waals surface area contributed by atoms with E-state index in [2.05, 4.69) is 0 Å². The smallest absolute Gasteiger partial charge is 0.254 e. The molecule has 1 aromatic rings. The normalized spacial score (nSPS) is 18.2. The molecule has 1 fully saturated rings. The second kappa shape index (κ2) is 7.70. The van der Waals surface area contributed by atoms with E-state index < -0.39 is 0 Å². The van der Waals surface area contributed by atoms with Gasteiger partial charge >= 0.3 is 0 Å². The molecular weight excluding hydrogens is 306 g/mol. The third-order valence-corrected chi connectivity index (χ3v) is 3.74. The lowest BCUT2D eigenvalue weighted by Crippen LogP contribution is -2.44. The van der Waals surface area contributed by atoms with Crippen LogP contribution >= 0.6 is 11.6 Å². The largest absolute Gasteiger partial charge is 0.493 e. The first-order chi connectivity index (χ1) is 10.6. The van der Waals surface area contributed by atoms with Crippen LogP contribution < -0.4 is 9.47 Å². The molecule has 5 nitrogen and oxygen atoms in total. The Labute approximate surface area is 136 Å². The number of carbonyl (C=O) groups excluding carboxylic acids is 1. The Hall–Kier alpha value is -1.46. The van der Waals surface area contributed by atoms with Crippen LogP contribution in [0.25, 0.3) is 0 Å². The quantitative estimate of drug-likeness (QED) is 0.834. The average molecular weight is 328 g/mol. The lowest BCUT2D eigenvalue weighted by molar-refractivity contribution is -0.0124. The van der Waals surface area contributed by atoms with E-state index in [-0.39, 0.29) is 12.0 Å². The van der Waals surface area contributed by atoms with Crippen molar-refractivity contribution in [3.8, 4) is 11.5 Å². The van der Waals surface area contributed by atoms with E-state index in [1.807, 2.05) is 13.8 Å². The Bertz CT molecular complexity index is 535. The molecule has 22 heavy (non-hydrogen) atoms. The monoisotopic (exact) mass is 327 g/mol. The van der Waals surface area contributed by atoms with Gasteiger partial charge in [-0.25, -0.2) is 0 Å². The molecule has 1 aromatic carbocycles. The van der Waals surface area contributed by atoms with E-state index in [1.54, 1.807) is 17.0 Å². The SMILES string of the molecule is CCCOc1c(Cl)cc(C(=O)N2CCOC(C)C2)cc1OC. The lowest BCUT2D eigenvalue weighted by atomic mass is 10.1. The number of halogens is 1. The number of ether oxygens (including phenoxy) is 3. The Balaban J connectivity index is 2.24. The van der Waals surface area contributed by atoms with Gasteiger partial charge < -0.3 is 19.1 Å². The van der Waals surface area contributed by atoms with Crippen LogP contribution in [0, 0.1) is 0 Å². The Kier molecular flexibility index (Phi) is 5.91. The first kappa shape index (κ1) is 16.9. The molecule has 0 aromatic heterocycles. The molecule has 2 rings (SSSR count). The summed E-state index contributed by atoms with van der Waals surface area (Å²) >= 11 is 6.26. The highest BCUT2D eigenvalue weighted by Gasteiger charge is 2.24. The fourth-order valence-electron chi connectivity index (χ4n) is 2.37. The predicted octanol–water partition coefficient (Wildman–Crippen LogP) is 3.00. The first-order valence-electron chi connectivity index (χ1n) is 7.48.